The zero-order valence-electron chi connectivity index (χ0n) is 20.4. The SMILES string of the molecule is Cl.Cl.Cl.Clc1ccc2c(NCCCCCCN=C(Nc3ccccc3)Nc3ccccc3)ccnc2c1. The van der Waals surface area contributed by atoms with Gasteiger partial charge in [-0.15, -0.1) is 37.2 Å². The zero-order valence-corrected chi connectivity index (χ0v) is 23.6. The Balaban J connectivity index is 0.00000228. The third kappa shape index (κ3) is 10.7. The predicted octanol–water partition coefficient (Wildman–Crippen LogP) is 8.71. The molecule has 0 atom stereocenters. The summed E-state index contributed by atoms with van der Waals surface area (Å²) in [6.07, 6.45) is 6.28. The first-order chi connectivity index (χ1) is 16.8. The van der Waals surface area contributed by atoms with Crippen molar-refractivity contribution >= 4 is 82.7 Å². The number of aliphatic imine (C=N–C) groups is 1. The summed E-state index contributed by atoms with van der Waals surface area (Å²) in [7, 11) is 0. The number of nitrogens with zero attached hydrogens (tertiary/aromatic N) is 2. The molecule has 0 saturated heterocycles. The summed E-state index contributed by atoms with van der Waals surface area (Å²) in [4.78, 5) is 9.18. The van der Waals surface area contributed by atoms with Crippen LogP contribution < -0.4 is 16.0 Å². The van der Waals surface area contributed by atoms with Gasteiger partial charge in [-0.2, -0.15) is 0 Å². The molecule has 0 bridgehead atoms. The molecule has 0 spiro atoms. The van der Waals surface area contributed by atoms with Crippen LogP contribution in [0.5, 0.6) is 0 Å². The molecular weight excluding hydrogens is 548 g/mol. The summed E-state index contributed by atoms with van der Waals surface area (Å²) < 4.78 is 0. The molecule has 0 aliphatic rings. The van der Waals surface area contributed by atoms with Crippen LogP contribution in [0, 0.1) is 0 Å². The number of fused-ring (bicyclic) bond motifs is 1. The molecule has 198 valence electrons. The maximum Gasteiger partial charge on any atom is 0.200 e. The van der Waals surface area contributed by atoms with Gasteiger partial charge in [-0.25, -0.2) is 0 Å². The number of pyridine rings is 1. The lowest BCUT2D eigenvalue weighted by atomic mass is 10.1. The highest BCUT2D eigenvalue weighted by molar-refractivity contribution is 6.31. The number of hydrogen-bond acceptors (Lipinski definition) is 3. The van der Waals surface area contributed by atoms with Gasteiger partial charge >= 0.3 is 0 Å². The van der Waals surface area contributed by atoms with E-state index in [4.69, 9.17) is 16.6 Å². The van der Waals surface area contributed by atoms with Crippen molar-refractivity contribution in [2.75, 3.05) is 29.0 Å². The van der Waals surface area contributed by atoms with Crippen LogP contribution in [-0.4, -0.2) is 24.0 Å². The average molecular weight is 581 g/mol. The van der Waals surface area contributed by atoms with Gasteiger partial charge in [0.2, 0.25) is 0 Å². The molecule has 0 unspecified atom stereocenters. The molecule has 0 amide bonds. The van der Waals surface area contributed by atoms with E-state index in [9.17, 15) is 0 Å². The Morgan fingerprint density at radius 3 is 2.00 bits per heavy atom. The number of hydrogen-bond donors (Lipinski definition) is 3. The number of guanidine groups is 1. The molecule has 0 fully saturated rings. The molecule has 3 N–H and O–H groups in total. The normalized spacial score (nSPS) is 9.76. The average Bonchev–Trinajstić information content (AvgIpc) is 2.86. The highest BCUT2D eigenvalue weighted by atomic mass is 35.5. The minimum Gasteiger partial charge on any atom is -0.384 e. The fourth-order valence-corrected chi connectivity index (χ4v) is 3.87. The van der Waals surface area contributed by atoms with Gasteiger partial charge in [0.05, 0.1) is 5.52 Å². The number of para-hydroxylation sites is 2. The lowest BCUT2D eigenvalue weighted by Gasteiger charge is -2.13. The monoisotopic (exact) mass is 579 g/mol. The molecule has 0 aliphatic heterocycles. The Labute approximate surface area is 242 Å². The molecule has 37 heavy (non-hydrogen) atoms. The molecule has 0 aliphatic carbocycles. The maximum absolute atomic E-state index is 6.08. The fraction of sp³-hybridized carbons (Fsp3) is 0.214. The quantitative estimate of drug-likeness (QED) is 0.0996. The van der Waals surface area contributed by atoms with Crippen molar-refractivity contribution in [1.82, 2.24) is 4.98 Å². The van der Waals surface area contributed by atoms with Crippen LogP contribution in [0.1, 0.15) is 25.7 Å². The third-order valence-corrected chi connectivity index (χ3v) is 5.68. The summed E-state index contributed by atoms with van der Waals surface area (Å²) in [5, 5.41) is 12.1. The maximum atomic E-state index is 6.08. The number of nitrogens with one attached hydrogen (secondary N) is 3. The predicted molar refractivity (Wildman–Crippen MR) is 168 cm³/mol. The number of unbranched alkanes of at least 4 members (excludes halogenated alkanes) is 3. The van der Waals surface area contributed by atoms with E-state index in [1.54, 1.807) is 0 Å². The standard InChI is InChI=1S/C28H30ClN5.3ClH/c29-22-15-16-25-26(17-20-31-27(25)21-22)30-18-9-1-2-10-19-32-28(33-23-11-5-3-6-12-23)34-24-13-7-4-8-14-24;;;/h3-8,11-17,20-21H,1-2,9-10,18-19H2,(H,30,31)(H2,32,33,34);3*1H. The Morgan fingerprint density at radius 2 is 1.35 bits per heavy atom. The minimum atomic E-state index is 0. The molecule has 3 aromatic carbocycles. The van der Waals surface area contributed by atoms with Crippen molar-refractivity contribution in [1.29, 1.82) is 0 Å². The first kappa shape index (κ1) is 32.3. The topological polar surface area (TPSA) is 61.3 Å². The lowest BCUT2D eigenvalue weighted by molar-refractivity contribution is 0.662. The van der Waals surface area contributed by atoms with E-state index in [1.807, 2.05) is 91.1 Å². The summed E-state index contributed by atoms with van der Waals surface area (Å²) in [5.74, 6) is 0.767. The lowest BCUT2D eigenvalue weighted by Crippen LogP contribution is -2.22. The van der Waals surface area contributed by atoms with Gasteiger partial charge < -0.3 is 16.0 Å². The fourth-order valence-electron chi connectivity index (χ4n) is 3.71. The number of rotatable bonds is 10. The van der Waals surface area contributed by atoms with E-state index >= 15 is 0 Å². The van der Waals surface area contributed by atoms with E-state index in [0.29, 0.717) is 5.02 Å². The van der Waals surface area contributed by atoms with Crippen molar-refractivity contribution in [2.45, 2.75) is 25.7 Å². The Kier molecular flexibility index (Phi) is 15.5. The van der Waals surface area contributed by atoms with Crippen LogP contribution in [0.25, 0.3) is 10.9 Å². The Hall–Kier alpha value is -2.70. The Bertz CT molecular complexity index is 1160. The molecule has 1 aromatic heterocycles. The molecule has 5 nitrogen and oxygen atoms in total. The highest BCUT2D eigenvalue weighted by Crippen LogP contribution is 2.24. The van der Waals surface area contributed by atoms with Crippen LogP contribution in [0.15, 0.2) is 96.1 Å². The van der Waals surface area contributed by atoms with E-state index < -0.39 is 0 Å². The molecule has 1 heterocycles. The van der Waals surface area contributed by atoms with Gasteiger partial charge in [0.1, 0.15) is 0 Å². The van der Waals surface area contributed by atoms with Crippen molar-refractivity contribution in [2.24, 2.45) is 4.99 Å². The summed E-state index contributed by atoms with van der Waals surface area (Å²) >= 11 is 6.08. The summed E-state index contributed by atoms with van der Waals surface area (Å²) in [5.41, 5.74) is 4.05. The van der Waals surface area contributed by atoms with E-state index in [2.05, 4.69) is 20.9 Å². The van der Waals surface area contributed by atoms with Gasteiger partial charge in [-0.3, -0.25) is 9.98 Å². The number of benzene rings is 3. The van der Waals surface area contributed by atoms with Gasteiger partial charge in [-0.05, 0) is 61.4 Å². The second-order valence-electron chi connectivity index (χ2n) is 8.07. The van der Waals surface area contributed by atoms with Crippen LogP contribution in [-0.2, 0) is 0 Å². The minimum absolute atomic E-state index is 0. The van der Waals surface area contributed by atoms with Gasteiger partial charge in [-0.1, -0.05) is 60.8 Å². The van der Waals surface area contributed by atoms with Crippen molar-refractivity contribution in [3.05, 3.63) is 96.1 Å². The molecule has 4 rings (SSSR count). The molecule has 0 saturated carbocycles. The van der Waals surface area contributed by atoms with Gasteiger partial charge in [0.25, 0.3) is 0 Å². The molecule has 4 aromatic rings. The number of halogens is 4. The number of aromatic nitrogens is 1. The summed E-state index contributed by atoms with van der Waals surface area (Å²) in [6.45, 7) is 1.71. The van der Waals surface area contributed by atoms with Crippen LogP contribution in [0.2, 0.25) is 5.02 Å². The zero-order chi connectivity index (χ0) is 23.4. The molecular formula is C28H33Cl4N5. The van der Waals surface area contributed by atoms with E-state index in [0.717, 1.165) is 72.7 Å². The molecule has 9 heteroatoms. The number of anilines is 3. The van der Waals surface area contributed by atoms with Gasteiger partial charge in [0.15, 0.2) is 5.96 Å². The van der Waals surface area contributed by atoms with Crippen molar-refractivity contribution in [3.63, 3.8) is 0 Å². The van der Waals surface area contributed by atoms with Crippen molar-refractivity contribution < 1.29 is 0 Å². The highest BCUT2D eigenvalue weighted by Gasteiger charge is 2.03. The largest absolute Gasteiger partial charge is 0.384 e. The Morgan fingerprint density at radius 1 is 0.730 bits per heavy atom. The smallest absolute Gasteiger partial charge is 0.200 e. The second-order valence-corrected chi connectivity index (χ2v) is 8.51. The molecule has 0 radical (unpaired) electrons. The van der Waals surface area contributed by atoms with E-state index in [1.165, 1.54) is 0 Å². The van der Waals surface area contributed by atoms with E-state index in [-0.39, 0.29) is 37.2 Å². The first-order valence-corrected chi connectivity index (χ1v) is 12.1. The van der Waals surface area contributed by atoms with Gasteiger partial charge in [0, 0.05) is 46.8 Å². The second kappa shape index (κ2) is 17.7. The summed E-state index contributed by atoms with van der Waals surface area (Å²) in [6, 6.07) is 28.1. The van der Waals surface area contributed by atoms with Crippen LogP contribution in [0.4, 0.5) is 17.1 Å². The third-order valence-electron chi connectivity index (χ3n) is 5.45. The van der Waals surface area contributed by atoms with Crippen molar-refractivity contribution in [3.8, 4) is 0 Å². The van der Waals surface area contributed by atoms with Crippen LogP contribution >= 0.6 is 48.8 Å². The van der Waals surface area contributed by atoms with Crippen LogP contribution in [0.3, 0.4) is 0 Å². The first-order valence-electron chi connectivity index (χ1n) is 11.7.